The summed E-state index contributed by atoms with van der Waals surface area (Å²) in [5.74, 6) is 0.0525. The number of amides is 1. The molecule has 3 nitrogen and oxygen atoms in total. The van der Waals surface area contributed by atoms with Gasteiger partial charge in [-0.15, -0.1) is 0 Å². The number of rotatable bonds is 1. The molecule has 0 aliphatic heterocycles. The number of fused-ring (bicyclic) bond motifs is 1. The molecule has 0 bridgehead atoms. The Hall–Kier alpha value is -1.38. The highest BCUT2D eigenvalue weighted by atomic mass is 16.1. The van der Waals surface area contributed by atoms with Crippen molar-refractivity contribution in [1.82, 2.24) is 10.3 Å². The van der Waals surface area contributed by atoms with Gasteiger partial charge in [0.15, 0.2) is 0 Å². The van der Waals surface area contributed by atoms with Crippen molar-refractivity contribution < 1.29 is 4.79 Å². The third-order valence-electron chi connectivity index (χ3n) is 2.75. The van der Waals surface area contributed by atoms with Gasteiger partial charge in [-0.05, 0) is 31.4 Å². The minimum Gasteiger partial charge on any atom is -0.359 e. The summed E-state index contributed by atoms with van der Waals surface area (Å²) in [4.78, 5) is 16.0. The molecular weight excluding hydrogens is 200 g/mol. The first kappa shape index (κ1) is 12.7. The van der Waals surface area contributed by atoms with Crippen LogP contribution in [-0.2, 0) is 11.2 Å². The molecule has 1 aliphatic carbocycles. The van der Waals surface area contributed by atoms with Crippen LogP contribution in [0.3, 0.4) is 0 Å². The maximum absolute atomic E-state index is 11.5. The first-order chi connectivity index (χ1) is 7.72. The standard InChI is InChI=1S/C11H14N2O.C2H6/c1-7-3-4-8-5-6-9(10(8)13-7)11(14)12-2;1-2/h3-4,9H,5-6H2,1-2H3,(H,12,14);1-2H3. The van der Waals surface area contributed by atoms with E-state index in [9.17, 15) is 4.79 Å². The van der Waals surface area contributed by atoms with Crippen LogP contribution >= 0.6 is 0 Å². The van der Waals surface area contributed by atoms with Gasteiger partial charge in [0, 0.05) is 12.7 Å². The maximum atomic E-state index is 11.5. The molecule has 1 aliphatic rings. The van der Waals surface area contributed by atoms with Crippen molar-refractivity contribution >= 4 is 5.91 Å². The molecule has 0 saturated carbocycles. The van der Waals surface area contributed by atoms with Crippen molar-refractivity contribution in [3.05, 3.63) is 29.1 Å². The molecular formula is C13H20N2O. The molecule has 0 fully saturated rings. The van der Waals surface area contributed by atoms with Crippen LogP contribution < -0.4 is 5.32 Å². The Kier molecular flexibility index (Phi) is 4.47. The molecule has 1 aromatic rings. The molecule has 1 aromatic heterocycles. The molecule has 88 valence electrons. The fourth-order valence-corrected chi connectivity index (χ4v) is 1.98. The van der Waals surface area contributed by atoms with Crippen LogP contribution in [0.15, 0.2) is 12.1 Å². The number of hydrogen-bond acceptors (Lipinski definition) is 2. The highest BCUT2D eigenvalue weighted by Crippen LogP contribution is 2.31. The van der Waals surface area contributed by atoms with E-state index in [-0.39, 0.29) is 11.8 Å². The van der Waals surface area contributed by atoms with Gasteiger partial charge in [0.2, 0.25) is 5.91 Å². The van der Waals surface area contributed by atoms with E-state index >= 15 is 0 Å². The number of nitrogens with zero attached hydrogens (tertiary/aromatic N) is 1. The predicted octanol–water partition coefficient (Wildman–Crippen LogP) is 2.19. The molecule has 1 unspecified atom stereocenters. The number of carbonyl (C=O) groups is 1. The summed E-state index contributed by atoms with van der Waals surface area (Å²) in [6.45, 7) is 5.96. The van der Waals surface area contributed by atoms with Crippen LogP contribution in [-0.4, -0.2) is 17.9 Å². The lowest BCUT2D eigenvalue weighted by molar-refractivity contribution is -0.122. The van der Waals surface area contributed by atoms with Gasteiger partial charge in [-0.2, -0.15) is 0 Å². The van der Waals surface area contributed by atoms with Gasteiger partial charge in [0.25, 0.3) is 0 Å². The molecule has 1 atom stereocenters. The smallest absolute Gasteiger partial charge is 0.228 e. The fourth-order valence-electron chi connectivity index (χ4n) is 1.98. The van der Waals surface area contributed by atoms with E-state index < -0.39 is 0 Å². The normalized spacial score (nSPS) is 17.1. The summed E-state index contributed by atoms with van der Waals surface area (Å²) < 4.78 is 0. The average molecular weight is 220 g/mol. The minimum atomic E-state index is -0.0325. The molecule has 1 amide bonds. The summed E-state index contributed by atoms with van der Waals surface area (Å²) in [6.07, 6.45) is 1.87. The Morgan fingerprint density at radius 1 is 1.44 bits per heavy atom. The number of hydrogen-bond donors (Lipinski definition) is 1. The summed E-state index contributed by atoms with van der Waals surface area (Å²) in [7, 11) is 1.68. The van der Waals surface area contributed by atoms with E-state index in [1.807, 2.05) is 26.8 Å². The van der Waals surface area contributed by atoms with Crippen molar-refractivity contribution in [3.63, 3.8) is 0 Å². The zero-order chi connectivity index (χ0) is 12.1. The second kappa shape index (κ2) is 5.64. The molecule has 0 spiro atoms. The van der Waals surface area contributed by atoms with E-state index in [0.717, 1.165) is 24.2 Å². The lowest BCUT2D eigenvalue weighted by Gasteiger charge is -2.08. The van der Waals surface area contributed by atoms with Crippen molar-refractivity contribution in [3.8, 4) is 0 Å². The maximum Gasteiger partial charge on any atom is 0.228 e. The second-order valence-corrected chi connectivity index (χ2v) is 3.70. The number of pyridine rings is 1. The lowest BCUT2D eigenvalue weighted by atomic mass is 10.1. The van der Waals surface area contributed by atoms with Gasteiger partial charge >= 0.3 is 0 Å². The SMILES string of the molecule is CC.CNC(=O)C1CCc2ccc(C)nc21. The van der Waals surface area contributed by atoms with Crippen molar-refractivity contribution in [2.24, 2.45) is 0 Å². The molecule has 0 aromatic carbocycles. The van der Waals surface area contributed by atoms with Gasteiger partial charge in [-0.3, -0.25) is 9.78 Å². The Morgan fingerprint density at radius 3 is 2.75 bits per heavy atom. The van der Waals surface area contributed by atoms with Crippen molar-refractivity contribution in [2.45, 2.75) is 39.5 Å². The summed E-state index contributed by atoms with van der Waals surface area (Å²) in [6, 6.07) is 4.09. The highest BCUT2D eigenvalue weighted by molar-refractivity contribution is 5.84. The number of nitrogens with one attached hydrogen (secondary N) is 1. The Labute approximate surface area is 97.3 Å². The van der Waals surface area contributed by atoms with E-state index in [0.29, 0.717) is 0 Å². The van der Waals surface area contributed by atoms with Gasteiger partial charge in [-0.1, -0.05) is 19.9 Å². The Bertz CT molecular complexity index is 374. The van der Waals surface area contributed by atoms with Crippen LogP contribution in [0.4, 0.5) is 0 Å². The lowest BCUT2D eigenvalue weighted by Crippen LogP contribution is -2.24. The van der Waals surface area contributed by atoms with Crippen LogP contribution in [0.2, 0.25) is 0 Å². The van der Waals surface area contributed by atoms with Gasteiger partial charge in [0.05, 0.1) is 11.6 Å². The molecule has 0 saturated heterocycles. The van der Waals surface area contributed by atoms with Crippen LogP contribution in [0.5, 0.6) is 0 Å². The average Bonchev–Trinajstić information content (AvgIpc) is 2.73. The monoisotopic (exact) mass is 220 g/mol. The number of likely N-dealkylation sites (N-methyl/N-ethyl adjacent to an activating group) is 1. The summed E-state index contributed by atoms with van der Waals surface area (Å²) in [5, 5.41) is 2.69. The number of aromatic nitrogens is 1. The minimum absolute atomic E-state index is 0.0325. The zero-order valence-corrected chi connectivity index (χ0v) is 10.5. The Balaban J connectivity index is 0.000000606. The second-order valence-electron chi connectivity index (χ2n) is 3.70. The topological polar surface area (TPSA) is 42.0 Å². The highest BCUT2D eigenvalue weighted by Gasteiger charge is 2.29. The summed E-state index contributed by atoms with van der Waals surface area (Å²) in [5.41, 5.74) is 3.19. The zero-order valence-electron chi connectivity index (χ0n) is 10.5. The van der Waals surface area contributed by atoms with Gasteiger partial charge < -0.3 is 5.32 Å². The van der Waals surface area contributed by atoms with Crippen LogP contribution in [0.25, 0.3) is 0 Å². The molecule has 3 heteroatoms. The molecule has 0 radical (unpaired) electrons. The number of carbonyl (C=O) groups excluding carboxylic acids is 1. The molecule has 16 heavy (non-hydrogen) atoms. The summed E-state index contributed by atoms with van der Waals surface area (Å²) >= 11 is 0. The van der Waals surface area contributed by atoms with E-state index in [4.69, 9.17) is 0 Å². The quantitative estimate of drug-likeness (QED) is 0.788. The van der Waals surface area contributed by atoms with E-state index in [1.165, 1.54) is 5.56 Å². The van der Waals surface area contributed by atoms with Crippen molar-refractivity contribution in [2.75, 3.05) is 7.05 Å². The fraction of sp³-hybridized carbons (Fsp3) is 0.538. The largest absolute Gasteiger partial charge is 0.359 e. The first-order valence-electron chi connectivity index (χ1n) is 5.90. The third-order valence-corrected chi connectivity index (χ3v) is 2.75. The van der Waals surface area contributed by atoms with Crippen molar-refractivity contribution in [1.29, 1.82) is 0 Å². The van der Waals surface area contributed by atoms with E-state index in [1.54, 1.807) is 7.05 Å². The van der Waals surface area contributed by atoms with Crippen LogP contribution in [0, 0.1) is 6.92 Å². The Morgan fingerprint density at radius 2 is 2.12 bits per heavy atom. The van der Waals surface area contributed by atoms with Crippen LogP contribution in [0.1, 0.15) is 43.1 Å². The molecule has 2 rings (SSSR count). The predicted molar refractivity (Wildman–Crippen MR) is 65.5 cm³/mol. The van der Waals surface area contributed by atoms with Gasteiger partial charge in [-0.25, -0.2) is 0 Å². The first-order valence-corrected chi connectivity index (χ1v) is 5.90. The number of aryl methyl sites for hydroxylation is 2. The van der Waals surface area contributed by atoms with E-state index in [2.05, 4.69) is 16.4 Å². The van der Waals surface area contributed by atoms with Gasteiger partial charge in [0.1, 0.15) is 0 Å². The molecule has 1 N–H and O–H groups in total. The third kappa shape index (κ3) is 2.40. The molecule has 1 heterocycles.